The van der Waals surface area contributed by atoms with Crippen LogP contribution in [0.25, 0.3) is 6.08 Å². The molecule has 1 atom stereocenters. The Balaban J connectivity index is 3.26. The van der Waals surface area contributed by atoms with Gasteiger partial charge in [-0.25, -0.2) is 4.79 Å². The van der Waals surface area contributed by atoms with E-state index in [1.807, 2.05) is 27.7 Å². The quantitative estimate of drug-likeness (QED) is 0.150. The van der Waals surface area contributed by atoms with E-state index in [1.54, 1.807) is 18.2 Å². The lowest BCUT2D eigenvalue weighted by molar-refractivity contribution is -0.131. The minimum atomic E-state index is -3.14. The molecule has 0 saturated heterocycles. The third-order valence-electron chi connectivity index (χ3n) is 4.96. The van der Waals surface area contributed by atoms with Crippen molar-refractivity contribution in [2.24, 2.45) is 0 Å². The van der Waals surface area contributed by atoms with E-state index < -0.39 is 14.8 Å². The summed E-state index contributed by atoms with van der Waals surface area (Å²) in [4.78, 5) is 10.9. The highest BCUT2D eigenvalue weighted by Gasteiger charge is 2.51. The minimum absolute atomic E-state index is 0.376. The first-order valence-electron chi connectivity index (χ1n) is 12.2. The van der Waals surface area contributed by atoms with E-state index in [9.17, 15) is 4.79 Å². The number of unbranched alkanes of at least 4 members (excludes halogenated alkanes) is 4. The molecule has 0 fully saturated rings. The maximum absolute atomic E-state index is 10.9. The highest BCUT2D eigenvalue weighted by molar-refractivity contribution is 6.62. The summed E-state index contributed by atoms with van der Waals surface area (Å²) in [5.74, 6) is 0.115. The number of ether oxygens (including phenoxy) is 2. The summed E-state index contributed by atoms with van der Waals surface area (Å²) in [5.41, 5.74) is 0.339. The maximum atomic E-state index is 10.9. The van der Waals surface area contributed by atoms with Crippen molar-refractivity contribution in [1.29, 1.82) is 0 Å². The van der Waals surface area contributed by atoms with Crippen molar-refractivity contribution in [1.82, 2.24) is 0 Å². The van der Waals surface area contributed by atoms with E-state index >= 15 is 0 Å². The van der Waals surface area contributed by atoms with Gasteiger partial charge in [0.2, 0.25) is 0 Å². The van der Waals surface area contributed by atoms with E-state index in [0.717, 1.165) is 25.3 Å². The fourth-order valence-corrected chi connectivity index (χ4v) is 6.41. The molecule has 1 rings (SSSR count). The molecule has 0 amide bonds. The number of hydrogen-bond donors (Lipinski definition) is 1. The van der Waals surface area contributed by atoms with Gasteiger partial charge in [0, 0.05) is 25.9 Å². The molecule has 0 heterocycles. The molecular weight excluding hydrogens is 440 g/mol. The number of carboxylic acids is 1. The van der Waals surface area contributed by atoms with Crippen molar-refractivity contribution in [3.8, 4) is 11.5 Å². The minimum Gasteiger partial charge on any atom is -0.490 e. The Morgan fingerprint density at radius 1 is 0.909 bits per heavy atom. The Hall–Kier alpha value is -1.87. The zero-order chi connectivity index (χ0) is 24.5. The van der Waals surface area contributed by atoms with Crippen molar-refractivity contribution in [3.05, 3.63) is 29.8 Å². The Kier molecular flexibility index (Phi) is 14.8. The van der Waals surface area contributed by atoms with Gasteiger partial charge >= 0.3 is 14.8 Å². The lowest BCUT2D eigenvalue weighted by atomic mass is 10.1. The Morgan fingerprint density at radius 3 is 2.09 bits per heavy atom. The molecule has 7 nitrogen and oxygen atoms in total. The van der Waals surface area contributed by atoms with Crippen molar-refractivity contribution < 1.29 is 32.7 Å². The summed E-state index contributed by atoms with van der Waals surface area (Å²) in [5, 5.41) is 8.92. The smallest absolute Gasteiger partial charge is 0.490 e. The number of carboxylic acid groups (broad SMARTS) is 1. The molecule has 0 radical (unpaired) electrons. The molecular formula is C25H42O7Si. The molecule has 0 spiro atoms. The number of carbonyl (C=O) groups is 1. The zero-order valence-electron chi connectivity index (χ0n) is 20.9. The third-order valence-corrected chi connectivity index (χ3v) is 8.22. The van der Waals surface area contributed by atoms with Crippen LogP contribution in [0.3, 0.4) is 0 Å². The highest BCUT2D eigenvalue weighted by atomic mass is 28.4. The van der Waals surface area contributed by atoms with Crippen LogP contribution in [-0.4, -0.2) is 52.0 Å². The first-order valence-corrected chi connectivity index (χ1v) is 14.0. The van der Waals surface area contributed by atoms with Gasteiger partial charge in [-0.3, -0.25) is 0 Å². The highest BCUT2D eigenvalue weighted by Crippen LogP contribution is 2.33. The second kappa shape index (κ2) is 16.7. The summed E-state index contributed by atoms with van der Waals surface area (Å²) in [6.45, 7) is 11.8. The molecule has 1 aromatic carbocycles. The van der Waals surface area contributed by atoms with E-state index in [-0.39, 0.29) is 5.73 Å². The largest absolute Gasteiger partial charge is 0.543 e. The Bertz CT molecular complexity index is 691. The maximum Gasteiger partial charge on any atom is 0.543 e. The average molecular weight is 483 g/mol. The lowest BCUT2D eigenvalue weighted by Gasteiger charge is -2.35. The predicted octanol–water partition coefficient (Wildman–Crippen LogP) is 5.88. The number of hydrogen-bond acceptors (Lipinski definition) is 6. The molecule has 0 aliphatic carbocycles. The van der Waals surface area contributed by atoms with Crippen LogP contribution in [-0.2, 0) is 18.1 Å². The average Bonchev–Trinajstić information content (AvgIpc) is 2.78. The summed E-state index contributed by atoms with van der Waals surface area (Å²) in [6, 6.07) is 5.39. The van der Waals surface area contributed by atoms with Crippen molar-refractivity contribution >= 4 is 20.8 Å². The molecule has 0 bridgehead atoms. The van der Waals surface area contributed by atoms with Crippen LogP contribution in [0.1, 0.15) is 78.7 Å². The van der Waals surface area contributed by atoms with Crippen LogP contribution < -0.4 is 9.47 Å². The monoisotopic (exact) mass is 482 g/mol. The fourth-order valence-electron chi connectivity index (χ4n) is 3.56. The molecule has 0 saturated carbocycles. The van der Waals surface area contributed by atoms with Gasteiger partial charge in [0.1, 0.15) is 0 Å². The van der Waals surface area contributed by atoms with Gasteiger partial charge in [0.15, 0.2) is 17.2 Å². The summed E-state index contributed by atoms with van der Waals surface area (Å²) in [7, 11) is -3.14. The van der Waals surface area contributed by atoms with Gasteiger partial charge in [-0.15, -0.1) is 0 Å². The van der Waals surface area contributed by atoms with Crippen LogP contribution in [0.5, 0.6) is 11.5 Å². The van der Waals surface area contributed by atoms with E-state index in [4.69, 9.17) is 27.9 Å². The SMILES string of the molecule is CCCCCCCC(Oc1ccc(/C=C/C(=O)O)cc1OCC)[Si](OCC)(OCC)OCC. The fraction of sp³-hybridized carbons (Fsp3) is 0.640. The second-order valence-electron chi connectivity index (χ2n) is 7.52. The molecule has 1 aromatic rings. The Morgan fingerprint density at radius 2 is 1.55 bits per heavy atom. The molecule has 8 heteroatoms. The van der Waals surface area contributed by atoms with Gasteiger partial charge in [0.05, 0.1) is 6.61 Å². The molecule has 33 heavy (non-hydrogen) atoms. The van der Waals surface area contributed by atoms with Gasteiger partial charge in [-0.2, -0.15) is 0 Å². The topological polar surface area (TPSA) is 83.5 Å². The first kappa shape index (κ1) is 29.2. The summed E-state index contributed by atoms with van der Waals surface area (Å²) in [6.07, 6.45) is 9.07. The lowest BCUT2D eigenvalue weighted by Crippen LogP contribution is -2.59. The number of benzene rings is 1. The predicted molar refractivity (Wildman–Crippen MR) is 133 cm³/mol. The van der Waals surface area contributed by atoms with Gasteiger partial charge < -0.3 is 27.9 Å². The van der Waals surface area contributed by atoms with Gasteiger partial charge in [-0.05, 0) is 64.3 Å². The molecule has 0 aliphatic rings. The van der Waals surface area contributed by atoms with E-state index in [2.05, 4.69) is 6.92 Å². The summed E-state index contributed by atoms with van der Waals surface area (Å²) >= 11 is 0. The summed E-state index contributed by atoms with van der Waals surface area (Å²) < 4.78 is 30.8. The van der Waals surface area contributed by atoms with E-state index in [1.165, 1.54) is 25.3 Å². The van der Waals surface area contributed by atoms with Crippen molar-refractivity contribution in [3.63, 3.8) is 0 Å². The van der Waals surface area contributed by atoms with Crippen LogP contribution >= 0.6 is 0 Å². The van der Waals surface area contributed by atoms with Crippen LogP contribution in [0.4, 0.5) is 0 Å². The Labute approximate surface area is 200 Å². The van der Waals surface area contributed by atoms with Gasteiger partial charge in [-0.1, -0.05) is 38.7 Å². The molecule has 188 valence electrons. The van der Waals surface area contributed by atoms with Crippen LogP contribution in [0.2, 0.25) is 0 Å². The van der Waals surface area contributed by atoms with Crippen molar-refractivity contribution in [2.45, 2.75) is 78.9 Å². The third kappa shape index (κ3) is 10.3. The van der Waals surface area contributed by atoms with Crippen LogP contribution in [0.15, 0.2) is 24.3 Å². The number of rotatable bonds is 19. The molecule has 0 aromatic heterocycles. The van der Waals surface area contributed by atoms with Gasteiger partial charge in [0.25, 0.3) is 0 Å². The molecule has 1 N–H and O–H groups in total. The number of aliphatic carboxylic acids is 1. The molecule has 0 aliphatic heterocycles. The molecule has 1 unspecified atom stereocenters. The first-order chi connectivity index (χ1) is 16.0. The normalized spacial score (nSPS) is 12.8. The zero-order valence-corrected chi connectivity index (χ0v) is 21.9. The standard InChI is InChI=1S/C25H42O7Si/c1-6-11-12-13-14-15-25(33(29-8-3,30-9-4)31-10-5)32-22-18-16-21(17-19-24(26)27)20-23(22)28-7-2/h16-20,25H,6-15H2,1-5H3,(H,26,27)/b19-17+. The van der Waals surface area contributed by atoms with E-state index in [0.29, 0.717) is 43.5 Å². The van der Waals surface area contributed by atoms with Crippen molar-refractivity contribution in [2.75, 3.05) is 26.4 Å². The van der Waals surface area contributed by atoms with Crippen LogP contribution in [0, 0.1) is 0 Å². The second-order valence-corrected chi connectivity index (χ2v) is 10.2.